The van der Waals surface area contributed by atoms with Crippen molar-refractivity contribution in [2.45, 2.75) is 32.7 Å². The Hall–Kier alpha value is -4.35. The maximum Gasteiger partial charge on any atom is 0.420 e. The molecule has 0 bridgehead atoms. The standard InChI is InChI=1S/C25H27F2N5O5/c1-4-37-25(36)32-20-14-17(27)16(26)13-19(20)28-21(32)15-31-12-8-9-18(24(31)35)29-22(33)10-6-5-7-11-23(34)30(2)3/h7-9,11-14H,4-6,10,15H2,1-3H3,(H,29,33)/b11-7+. The van der Waals surface area contributed by atoms with Crippen molar-refractivity contribution in [1.82, 2.24) is 19.0 Å². The van der Waals surface area contributed by atoms with Crippen LogP contribution in [0.25, 0.3) is 11.0 Å². The first kappa shape index (κ1) is 27.2. The zero-order valence-corrected chi connectivity index (χ0v) is 20.7. The van der Waals surface area contributed by atoms with Gasteiger partial charge in [0.2, 0.25) is 11.8 Å². The highest BCUT2D eigenvalue weighted by Gasteiger charge is 2.21. The Morgan fingerprint density at radius 2 is 1.92 bits per heavy atom. The summed E-state index contributed by atoms with van der Waals surface area (Å²) in [5.74, 6) is -2.81. The van der Waals surface area contributed by atoms with Gasteiger partial charge in [-0.3, -0.25) is 14.4 Å². The summed E-state index contributed by atoms with van der Waals surface area (Å²) in [6, 6.07) is 4.66. The summed E-state index contributed by atoms with van der Waals surface area (Å²) in [4.78, 5) is 55.0. The average molecular weight is 516 g/mol. The molecule has 0 radical (unpaired) electrons. The van der Waals surface area contributed by atoms with Crippen molar-refractivity contribution in [3.63, 3.8) is 0 Å². The van der Waals surface area contributed by atoms with E-state index in [0.717, 1.165) is 16.7 Å². The number of hydrogen-bond acceptors (Lipinski definition) is 6. The lowest BCUT2D eigenvalue weighted by atomic mass is 10.2. The van der Waals surface area contributed by atoms with Crippen LogP contribution < -0.4 is 10.9 Å². The summed E-state index contributed by atoms with van der Waals surface area (Å²) in [6.07, 6.45) is 4.80. The second kappa shape index (κ2) is 12.1. The maximum atomic E-state index is 13.9. The molecule has 0 aliphatic heterocycles. The molecule has 0 fully saturated rings. The van der Waals surface area contributed by atoms with Gasteiger partial charge < -0.3 is 19.5 Å². The van der Waals surface area contributed by atoms with Gasteiger partial charge in [0, 0.05) is 38.8 Å². The topological polar surface area (TPSA) is 116 Å². The van der Waals surface area contributed by atoms with Gasteiger partial charge in [-0.2, -0.15) is 0 Å². The number of hydrogen-bond donors (Lipinski definition) is 1. The number of aromatic nitrogens is 3. The monoisotopic (exact) mass is 515 g/mol. The predicted octanol–water partition coefficient (Wildman–Crippen LogP) is 3.28. The number of likely N-dealkylation sites (N-methyl/N-ethyl adjacent to an activating group) is 1. The van der Waals surface area contributed by atoms with Crippen LogP contribution in [0.3, 0.4) is 0 Å². The van der Waals surface area contributed by atoms with Crippen LogP contribution in [0.5, 0.6) is 0 Å². The van der Waals surface area contributed by atoms with Crippen LogP contribution in [0.1, 0.15) is 32.0 Å². The lowest BCUT2D eigenvalue weighted by Gasteiger charge is -2.11. The molecule has 2 heterocycles. The molecule has 0 atom stereocenters. The zero-order valence-electron chi connectivity index (χ0n) is 20.7. The van der Waals surface area contributed by atoms with Crippen molar-refractivity contribution >= 4 is 34.6 Å². The van der Waals surface area contributed by atoms with E-state index in [4.69, 9.17) is 4.74 Å². The Labute approximate surface area is 211 Å². The summed E-state index contributed by atoms with van der Waals surface area (Å²) in [5, 5.41) is 2.56. The van der Waals surface area contributed by atoms with Crippen LogP contribution in [-0.4, -0.2) is 57.6 Å². The van der Waals surface area contributed by atoms with E-state index in [0.29, 0.717) is 12.8 Å². The second-order valence-electron chi connectivity index (χ2n) is 8.25. The molecule has 0 aliphatic carbocycles. The molecule has 12 heteroatoms. The molecule has 37 heavy (non-hydrogen) atoms. The van der Waals surface area contributed by atoms with Crippen LogP contribution in [0.4, 0.5) is 19.3 Å². The molecular weight excluding hydrogens is 488 g/mol. The number of rotatable bonds is 9. The van der Waals surface area contributed by atoms with Crippen molar-refractivity contribution < 1.29 is 27.9 Å². The van der Waals surface area contributed by atoms with Crippen LogP contribution in [0, 0.1) is 11.6 Å². The molecule has 2 aromatic heterocycles. The fourth-order valence-corrected chi connectivity index (χ4v) is 3.46. The minimum atomic E-state index is -1.16. The summed E-state index contributed by atoms with van der Waals surface area (Å²) in [6.45, 7) is 1.39. The minimum Gasteiger partial charge on any atom is -0.449 e. The van der Waals surface area contributed by atoms with E-state index in [1.807, 2.05) is 0 Å². The number of nitrogens with one attached hydrogen (secondary N) is 1. The fraction of sp³-hybridized carbons (Fsp3) is 0.320. The molecule has 1 aromatic carbocycles. The summed E-state index contributed by atoms with van der Waals surface area (Å²) in [5.41, 5.74) is -0.541. The van der Waals surface area contributed by atoms with E-state index in [2.05, 4.69) is 10.3 Å². The fourth-order valence-electron chi connectivity index (χ4n) is 3.46. The molecule has 1 N–H and O–H groups in total. The number of benzene rings is 1. The highest BCUT2D eigenvalue weighted by atomic mass is 19.2. The van der Waals surface area contributed by atoms with E-state index >= 15 is 0 Å². The molecule has 0 aliphatic rings. The molecule has 0 unspecified atom stereocenters. The third-order valence-corrected chi connectivity index (χ3v) is 5.30. The number of ether oxygens (including phenoxy) is 1. The highest BCUT2D eigenvalue weighted by molar-refractivity contribution is 5.90. The van der Waals surface area contributed by atoms with Gasteiger partial charge in [0.05, 0.1) is 24.2 Å². The smallest absolute Gasteiger partial charge is 0.420 e. The molecule has 0 spiro atoms. The number of carbonyl (C=O) groups is 3. The van der Waals surface area contributed by atoms with Crippen molar-refractivity contribution in [2.75, 3.05) is 26.0 Å². The van der Waals surface area contributed by atoms with E-state index in [9.17, 15) is 28.0 Å². The lowest BCUT2D eigenvalue weighted by Crippen LogP contribution is -2.27. The Morgan fingerprint density at radius 3 is 2.62 bits per heavy atom. The molecular formula is C25H27F2N5O5. The third-order valence-electron chi connectivity index (χ3n) is 5.30. The first-order valence-electron chi connectivity index (χ1n) is 11.5. The van der Waals surface area contributed by atoms with Gasteiger partial charge in [0.1, 0.15) is 11.5 Å². The SMILES string of the molecule is CCOC(=O)n1c(Cn2cccc(NC(=O)CCC/C=C/C(=O)N(C)C)c2=O)nc2cc(F)c(F)cc21. The lowest BCUT2D eigenvalue weighted by molar-refractivity contribution is -0.123. The average Bonchev–Trinajstić information content (AvgIpc) is 3.18. The number of fused-ring (bicyclic) bond motifs is 1. The summed E-state index contributed by atoms with van der Waals surface area (Å²) in [7, 11) is 3.28. The highest BCUT2D eigenvalue weighted by Crippen LogP contribution is 2.21. The number of imidazole rings is 1. The maximum absolute atomic E-state index is 13.9. The van der Waals surface area contributed by atoms with Gasteiger partial charge in [-0.1, -0.05) is 6.08 Å². The Balaban J connectivity index is 1.77. The van der Waals surface area contributed by atoms with Crippen LogP contribution in [0.2, 0.25) is 0 Å². The number of nitrogens with zero attached hydrogens (tertiary/aromatic N) is 4. The summed E-state index contributed by atoms with van der Waals surface area (Å²) >= 11 is 0. The number of pyridine rings is 1. The normalized spacial score (nSPS) is 11.2. The second-order valence-corrected chi connectivity index (χ2v) is 8.25. The molecule has 0 saturated carbocycles. The van der Waals surface area contributed by atoms with Crippen molar-refractivity contribution in [3.8, 4) is 0 Å². The Kier molecular flexibility index (Phi) is 8.88. The van der Waals surface area contributed by atoms with E-state index in [1.165, 1.54) is 33.9 Å². The Bertz CT molecular complexity index is 1410. The van der Waals surface area contributed by atoms with Crippen LogP contribution in [-0.2, 0) is 20.9 Å². The molecule has 196 valence electrons. The first-order valence-corrected chi connectivity index (χ1v) is 11.5. The van der Waals surface area contributed by atoms with Crippen molar-refractivity contribution in [2.24, 2.45) is 0 Å². The molecule has 3 aromatic rings. The van der Waals surface area contributed by atoms with Crippen LogP contribution in [0.15, 0.2) is 47.4 Å². The zero-order chi connectivity index (χ0) is 27.1. The summed E-state index contributed by atoms with van der Waals surface area (Å²) < 4.78 is 34.8. The molecule has 0 saturated heterocycles. The van der Waals surface area contributed by atoms with Gasteiger partial charge in [-0.05, 0) is 38.0 Å². The van der Waals surface area contributed by atoms with Crippen LogP contribution >= 0.6 is 0 Å². The van der Waals surface area contributed by atoms with Gasteiger partial charge >= 0.3 is 6.09 Å². The van der Waals surface area contributed by atoms with E-state index < -0.39 is 23.3 Å². The van der Waals surface area contributed by atoms with Gasteiger partial charge in [0.15, 0.2) is 11.6 Å². The Morgan fingerprint density at radius 1 is 1.19 bits per heavy atom. The van der Waals surface area contributed by atoms with Gasteiger partial charge in [0.25, 0.3) is 5.56 Å². The number of carbonyl (C=O) groups excluding carboxylic acids is 3. The third kappa shape index (κ3) is 6.66. The minimum absolute atomic E-state index is 0.00816. The van der Waals surface area contributed by atoms with E-state index in [-0.39, 0.29) is 53.9 Å². The number of amides is 2. The first-order chi connectivity index (χ1) is 17.6. The van der Waals surface area contributed by atoms with Crippen molar-refractivity contribution in [3.05, 3.63) is 70.4 Å². The van der Waals surface area contributed by atoms with E-state index in [1.54, 1.807) is 27.1 Å². The predicted molar refractivity (Wildman–Crippen MR) is 132 cm³/mol. The van der Waals surface area contributed by atoms with Gasteiger partial charge in [-0.25, -0.2) is 23.1 Å². The van der Waals surface area contributed by atoms with Crippen molar-refractivity contribution in [1.29, 1.82) is 0 Å². The number of unbranched alkanes of at least 4 members (excludes halogenated alkanes) is 1. The largest absolute Gasteiger partial charge is 0.449 e. The molecule has 2 amide bonds. The number of anilines is 1. The number of halogens is 2. The quantitative estimate of drug-likeness (QED) is 0.346. The molecule has 3 rings (SSSR count). The number of allylic oxidation sites excluding steroid dienone is 1. The molecule has 10 nitrogen and oxygen atoms in total. The van der Waals surface area contributed by atoms with Gasteiger partial charge in [-0.15, -0.1) is 0 Å².